The molecule has 1 aliphatic carbocycles. The van der Waals surface area contributed by atoms with Crippen molar-refractivity contribution >= 4 is 34.5 Å². The van der Waals surface area contributed by atoms with Gasteiger partial charge in [0.2, 0.25) is 11.9 Å². The molecule has 1 amide bonds. The van der Waals surface area contributed by atoms with Gasteiger partial charge in [-0.05, 0) is 36.8 Å². The summed E-state index contributed by atoms with van der Waals surface area (Å²) in [6.07, 6.45) is 3.82. The van der Waals surface area contributed by atoms with Gasteiger partial charge in [0.25, 0.3) is 0 Å². The minimum absolute atomic E-state index is 0.0113. The Balaban J connectivity index is 2.06. The van der Waals surface area contributed by atoms with E-state index < -0.39 is 0 Å². The number of imidazole rings is 1. The Morgan fingerprint density at radius 3 is 2.68 bits per heavy atom. The molecule has 0 saturated heterocycles. The molecule has 1 aliphatic rings. The van der Waals surface area contributed by atoms with Crippen molar-refractivity contribution in [3.8, 4) is 0 Å². The summed E-state index contributed by atoms with van der Waals surface area (Å²) in [5, 5.41) is 3.69. The minimum Gasteiger partial charge on any atom is -0.380 e. The Morgan fingerprint density at radius 2 is 2.12 bits per heavy atom. The van der Waals surface area contributed by atoms with Gasteiger partial charge in [-0.1, -0.05) is 32.4 Å². The molecule has 136 valence electrons. The predicted molar refractivity (Wildman–Crippen MR) is 101 cm³/mol. The topological polar surface area (TPSA) is 56.1 Å². The average molecular weight is 364 g/mol. The number of amides is 1. The first-order chi connectivity index (χ1) is 11.8. The molecule has 0 bridgehead atoms. The zero-order valence-corrected chi connectivity index (χ0v) is 16.1. The Kier molecular flexibility index (Phi) is 5.07. The number of nitrogens with zero attached hydrogens (tertiary/aromatic N) is 2. The highest BCUT2D eigenvalue weighted by Crippen LogP contribution is 2.39. The number of aromatic nitrogens is 2. The number of ether oxygens (including phenoxy) is 1. The number of hydrogen-bond donors (Lipinski definition) is 1. The first-order valence-corrected chi connectivity index (χ1v) is 9.16. The molecular weight excluding hydrogens is 338 g/mol. The van der Waals surface area contributed by atoms with E-state index in [1.54, 1.807) is 7.11 Å². The molecule has 1 N–H and O–H groups in total. The summed E-state index contributed by atoms with van der Waals surface area (Å²) in [5.74, 6) is 0.608. The van der Waals surface area contributed by atoms with Crippen molar-refractivity contribution in [3.05, 3.63) is 22.7 Å². The van der Waals surface area contributed by atoms with E-state index >= 15 is 0 Å². The lowest BCUT2D eigenvalue weighted by atomic mass is 9.92. The summed E-state index contributed by atoms with van der Waals surface area (Å²) in [5.41, 5.74) is 2.68. The van der Waals surface area contributed by atoms with Gasteiger partial charge in [-0.15, -0.1) is 0 Å². The van der Waals surface area contributed by atoms with Crippen molar-refractivity contribution < 1.29 is 9.53 Å². The Morgan fingerprint density at radius 1 is 1.40 bits per heavy atom. The van der Waals surface area contributed by atoms with Crippen molar-refractivity contribution in [3.63, 3.8) is 0 Å². The van der Waals surface area contributed by atoms with Crippen molar-refractivity contribution in [1.82, 2.24) is 9.55 Å². The van der Waals surface area contributed by atoms with Gasteiger partial charge in [0.05, 0.1) is 17.6 Å². The smallest absolute Gasteiger partial charge is 0.227 e. The number of carbonyl (C=O) groups is 1. The molecule has 0 spiro atoms. The standard InChI is InChI=1S/C19H26ClN3O2/c1-19(2,3)10-16(24)22-18-21-15-9-8-14(20)13(11-25-4)17(15)23(18)12-6-5-7-12/h8-9,12H,5-7,10-11H2,1-4H3,(H,21,22,24). The molecule has 1 heterocycles. The third kappa shape index (κ3) is 3.82. The van der Waals surface area contributed by atoms with Crippen LogP contribution in [0.3, 0.4) is 0 Å². The normalized spacial score (nSPS) is 15.4. The van der Waals surface area contributed by atoms with Gasteiger partial charge in [0.15, 0.2) is 0 Å². The highest BCUT2D eigenvalue weighted by atomic mass is 35.5. The zero-order valence-electron chi connectivity index (χ0n) is 15.4. The number of benzene rings is 1. The van der Waals surface area contributed by atoms with Gasteiger partial charge in [0.1, 0.15) is 0 Å². The van der Waals surface area contributed by atoms with E-state index in [0.29, 0.717) is 30.0 Å². The third-order valence-electron chi connectivity index (χ3n) is 4.57. The average Bonchev–Trinajstić information content (AvgIpc) is 2.77. The second-order valence-electron chi connectivity index (χ2n) is 8.00. The fourth-order valence-corrected chi connectivity index (χ4v) is 3.46. The van der Waals surface area contributed by atoms with Crippen molar-refractivity contribution in [2.75, 3.05) is 12.4 Å². The first kappa shape index (κ1) is 18.2. The van der Waals surface area contributed by atoms with E-state index in [2.05, 4.69) is 35.6 Å². The summed E-state index contributed by atoms with van der Waals surface area (Å²) < 4.78 is 7.50. The lowest BCUT2D eigenvalue weighted by molar-refractivity contribution is -0.117. The van der Waals surface area contributed by atoms with Gasteiger partial charge in [0, 0.05) is 30.2 Å². The van der Waals surface area contributed by atoms with Gasteiger partial charge in [-0.2, -0.15) is 0 Å². The van der Waals surface area contributed by atoms with E-state index in [-0.39, 0.29) is 11.3 Å². The van der Waals surface area contributed by atoms with Crippen LogP contribution in [0.15, 0.2) is 12.1 Å². The molecule has 1 saturated carbocycles. The molecule has 1 aromatic heterocycles. The molecule has 0 radical (unpaired) electrons. The van der Waals surface area contributed by atoms with E-state index in [1.807, 2.05) is 12.1 Å². The molecule has 5 nitrogen and oxygen atoms in total. The number of fused-ring (bicyclic) bond motifs is 1. The van der Waals surface area contributed by atoms with Gasteiger partial charge in [-0.25, -0.2) is 4.98 Å². The third-order valence-corrected chi connectivity index (χ3v) is 4.92. The Bertz CT molecular complexity index is 788. The van der Waals surface area contributed by atoms with Crippen molar-refractivity contribution in [1.29, 1.82) is 0 Å². The first-order valence-electron chi connectivity index (χ1n) is 8.78. The highest BCUT2D eigenvalue weighted by Gasteiger charge is 2.28. The summed E-state index contributed by atoms with van der Waals surface area (Å²) in [7, 11) is 1.66. The van der Waals surface area contributed by atoms with Crippen LogP contribution >= 0.6 is 11.6 Å². The Labute approximate surface area is 153 Å². The number of methoxy groups -OCH3 is 1. The molecule has 6 heteroatoms. The van der Waals surface area contributed by atoms with E-state index in [1.165, 1.54) is 6.42 Å². The second-order valence-corrected chi connectivity index (χ2v) is 8.41. The van der Waals surface area contributed by atoms with Gasteiger partial charge < -0.3 is 9.30 Å². The molecule has 1 fully saturated rings. The molecular formula is C19H26ClN3O2. The lowest BCUT2D eigenvalue weighted by Crippen LogP contribution is -2.24. The van der Waals surface area contributed by atoms with E-state index in [4.69, 9.17) is 16.3 Å². The molecule has 0 atom stereocenters. The number of rotatable bonds is 5. The molecule has 0 aliphatic heterocycles. The minimum atomic E-state index is -0.0675. The maximum absolute atomic E-state index is 12.4. The lowest BCUT2D eigenvalue weighted by Gasteiger charge is -2.30. The van der Waals surface area contributed by atoms with Crippen molar-refractivity contribution in [2.45, 2.75) is 59.1 Å². The van der Waals surface area contributed by atoms with Crippen LogP contribution in [0, 0.1) is 5.41 Å². The van der Waals surface area contributed by atoms with Crippen LogP contribution in [-0.2, 0) is 16.1 Å². The molecule has 3 rings (SSSR count). The van der Waals surface area contributed by atoms with Crippen LogP contribution in [0.2, 0.25) is 5.02 Å². The van der Waals surface area contributed by atoms with E-state index in [0.717, 1.165) is 29.4 Å². The maximum atomic E-state index is 12.4. The van der Waals surface area contributed by atoms with Gasteiger partial charge in [-0.3, -0.25) is 10.1 Å². The number of anilines is 1. The highest BCUT2D eigenvalue weighted by molar-refractivity contribution is 6.32. The molecule has 0 unspecified atom stereocenters. The van der Waals surface area contributed by atoms with Gasteiger partial charge >= 0.3 is 0 Å². The van der Waals surface area contributed by atoms with Crippen LogP contribution in [0.5, 0.6) is 0 Å². The maximum Gasteiger partial charge on any atom is 0.227 e. The largest absolute Gasteiger partial charge is 0.380 e. The predicted octanol–water partition coefficient (Wildman–Crippen LogP) is 4.94. The second kappa shape index (κ2) is 6.96. The van der Waals surface area contributed by atoms with Crippen molar-refractivity contribution in [2.24, 2.45) is 5.41 Å². The fourth-order valence-electron chi connectivity index (χ4n) is 3.25. The van der Waals surface area contributed by atoms with E-state index in [9.17, 15) is 4.79 Å². The summed E-state index contributed by atoms with van der Waals surface area (Å²) >= 11 is 6.41. The number of halogens is 1. The fraction of sp³-hybridized carbons (Fsp3) is 0.579. The van der Waals surface area contributed by atoms with Crippen LogP contribution in [0.4, 0.5) is 5.95 Å². The Hall–Kier alpha value is -1.59. The number of carbonyl (C=O) groups excluding carboxylic acids is 1. The van der Waals surface area contributed by atoms with Crippen LogP contribution in [0.25, 0.3) is 11.0 Å². The van der Waals surface area contributed by atoms with Crippen LogP contribution in [0.1, 0.15) is 58.1 Å². The summed E-state index contributed by atoms with van der Waals surface area (Å²) in [4.78, 5) is 17.1. The molecule has 2 aromatic rings. The molecule has 1 aromatic carbocycles. The summed E-state index contributed by atoms with van der Waals surface area (Å²) in [6, 6.07) is 4.10. The zero-order chi connectivity index (χ0) is 18.2. The van der Waals surface area contributed by atoms with Crippen LogP contribution in [-0.4, -0.2) is 22.6 Å². The molecule has 25 heavy (non-hydrogen) atoms. The quantitative estimate of drug-likeness (QED) is 0.818. The monoisotopic (exact) mass is 363 g/mol. The SMILES string of the molecule is COCc1c(Cl)ccc2nc(NC(=O)CC(C)(C)C)n(C3CCC3)c12. The number of hydrogen-bond acceptors (Lipinski definition) is 3. The van der Waals surface area contributed by atoms with Crippen LogP contribution < -0.4 is 5.32 Å². The number of nitrogens with one attached hydrogen (secondary N) is 1. The summed E-state index contributed by atoms with van der Waals surface area (Å²) in [6.45, 7) is 6.58.